The average Bonchev–Trinajstić information content (AvgIpc) is 3.13. The zero-order valence-electron chi connectivity index (χ0n) is 20.9. The molecule has 0 aliphatic carbocycles. The summed E-state index contributed by atoms with van der Waals surface area (Å²) in [6, 6.07) is 14.3. The van der Waals surface area contributed by atoms with Gasteiger partial charge in [-0.15, -0.1) is 0 Å². The van der Waals surface area contributed by atoms with Gasteiger partial charge in [-0.3, -0.25) is 4.79 Å². The Labute approximate surface area is 207 Å². The lowest BCUT2D eigenvalue weighted by molar-refractivity contribution is 0.103. The maximum absolute atomic E-state index is 13.3. The van der Waals surface area contributed by atoms with Crippen LogP contribution in [0.15, 0.2) is 48.5 Å². The molecule has 2 aromatic carbocycles. The van der Waals surface area contributed by atoms with Crippen molar-refractivity contribution in [2.24, 2.45) is 7.05 Å². The predicted octanol–water partition coefficient (Wildman–Crippen LogP) is 7.77. The third-order valence-corrected chi connectivity index (χ3v) is 6.35. The van der Waals surface area contributed by atoms with E-state index in [4.69, 9.17) is 14.6 Å². The fourth-order valence-electron chi connectivity index (χ4n) is 4.42. The van der Waals surface area contributed by atoms with E-state index < -0.39 is 6.16 Å². The van der Waals surface area contributed by atoms with Crippen LogP contribution in [-0.4, -0.2) is 28.2 Å². The summed E-state index contributed by atoms with van der Waals surface area (Å²) in [4.78, 5) is 24.6. The molecule has 0 saturated heterocycles. The lowest BCUT2D eigenvalue weighted by Gasteiger charge is -2.08. The number of aromatic nitrogens is 1. The molecule has 0 saturated carbocycles. The predicted molar refractivity (Wildman–Crippen MR) is 139 cm³/mol. The molecule has 0 amide bonds. The number of fused-ring (bicyclic) bond motifs is 1. The number of benzene rings is 2. The minimum absolute atomic E-state index is 0.0185. The molecule has 0 fully saturated rings. The summed E-state index contributed by atoms with van der Waals surface area (Å²) in [5, 5.41) is 9.82. The Kier molecular flexibility index (Phi) is 10.2. The second kappa shape index (κ2) is 13.6. The SMILES string of the molecule is CCCCCCCCCCCCOc1ccc(C(=O)c2c(OC(=O)O)n(C)c3ccccc23)cc1. The van der Waals surface area contributed by atoms with E-state index in [2.05, 4.69) is 6.92 Å². The highest BCUT2D eigenvalue weighted by atomic mass is 16.7. The van der Waals surface area contributed by atoms with Gasteiger partial charge in [0.25, 0.3) is 0 Å². The highest BCUT2D eigenvalue weighted by Crippen LogP contribution is 2.33. The van der Waals surface area contributed by atoms with Gasteiger partial charge in [-0.05, 0) is 36.8 Å². The van der Waals surface area contributed by atoms with Crippen LogP contribution in [0.3, 0.4) is 0 Å². The maximum atomic E-state index is 13.3. The van der Waals surface area contributed by atoms with Crippen LogP contribution in [0.4, 0.5) is 4.79 Å². The number of unbranched alkanes of at least 4 members (excludes halogenated alkanes) is 9. The Hall–Kier alpha value is -3.28. The topological polar surface area (TPSA) is 77.8 Å². The zero-order chi connectivity index (χ0) is 25.0. The first-order valence-electron chi connectivity index (χ1n) is 12.8. The molecular weight excluding hydrogens is 442 g/mol. The molecule has 3 aromatic rings. The first-order valence-corrected chi connectivity index (χ1v) is 12.8. The summed E-state index contributed by atoms with van der Waals surface area (Å²) in [6.45, 7) is 2.90. The third-order valence-electron chi connectivity index (χ3n) is 6.35. The summed E-state index contributed by atoms with van der Waals surface area (Å²) in [6.07, 6.45) is 11.3. The van der Waals surface area contributed by atoms with Gasteiger partial charge in [0.05, 0.1) is 17.7 Å². The molecular formula is C29H37NO5. The summed E-state index contributed by atoms with van der Waals surface area (Å²) >= 11 is 0. The number of nitrogens with zero attached hydrogens (tertiary/aromatic N) is 1. The van der Waals surface area contributed by atoms with Crippen LogP contribution in [0.1, 0.15) is 87.1 Å². The van der Waals surface area contributed by atoms with Crippen LogP contribution >= 0.6 is 0 Å². The number of carbonyl (C=O) groups excluding carboxylic acids is 1. The van der Waals surface area contributed by atoms with Crippen molar-refractivity contribution in [1.82, 2.24) is 4.57 Å². The molecule has 1 heterocycles. The summed E-state index contributed by atoms with van der Waals surface area (Å²) < 4.78 is 12.4. The van der Waals surface area contributed by atoms with Gasteiger partial charge in [0.2, 0.25) is 5.88 Å². The van der Waals surface area contributed by atoms with Crippen molar-refractivity contribution in [3.63, 3.8) is 0 Å². The summed E-state index contributed by atoms with van der Waals surface area (Å²) in [5.74, 6) is 0.446. The Morgan fingerprint density at radius 1 is 0.829 bits per heavy atom. The van der Waals surface area contributed by atoms with Crippen molar-refractivity contribution in [3.8, 4) is 11.6 Å². The molecule has 0 aliphatic rings. The van der Waals surface area contributed by atoms with E-state index in [9.17, 15) is 9.59 Å². The van der Waals surface area contributed by atoms with Crippen LogP contribution in [0, 0.1) is 0 Å². The highest BCUT2D eigenvalue weighted by molar-refractivity contribution is 6.18. The van der Waals surface area contributed by atoms with Crippen LogP contribution in [0.2, 0.25) is 0 Å². The first-order chi connectivity index (χ1) is 17.0. The second-order valence-corrected chi connectivity index (χ2v) is 9.01. The number of carbonyl (C=O) groups is 2. The Balaban J connectivity index is 1.51. The lowest BCUT2D eigenvalue weighted by atomic mass is 10.0. The van der Waals surface area contributed by atoms with Gasteiger partial charge in [0, 0.05) is 18.0 Å². The van der Waals surface area contributed by atoms with E-state index in [1.54, 1.807) is 41.9 Å². The van der Waals surface area contributed by atoms with E-state index in [-0.39, 0.29) is 17.2 Å². The zero-order valence-corrected chi connectivity index (χ0v) is 20.9. The van der Waals surface area contributed by atoms with Gasteiger partial charge >= 0.3 is 6.16 Å². The Bertz CT molecular complexity index is 1100. The van der Waals surface area contributed by atoms with E-state index in [0.29, 0.717) is 17.6 Å². The van der Waals surface area contributed by atoms with Crippen molar-refractivity contribution < 1.29 is 24.2 Å². The minimum atomic E-state index is -1.46. The molecule has 0 spiro atoms. The monoisotopic (exact) mass is 479 g/mol. The quantitative estimate of drug-likeness (QED) is 0.137. The van der Waals surface area contributed by atoms with Gasteiger partial charge in [0.1, 0.15) is 5.75 Å². The number of rotatable bonds is 15. The lowest BCUT2D eigenvalue weighted by Crippen LogP contribution is -2.11. The molecule has 6 nitrogen and oxygen atoms in total. The molecule has 0 radical (unpaired) electrons. The first kappa shape index (κ1) is 26.3. The van der Waals surface area contributed by atoms with Gasteiger partial charge in [0.15, 0.2) is 5.78 Å². The van der Waals surface area contributed by atoms with E-state index in [1.165, 1.54) is 57.8 Å². The molecule has 6 heteroatoms. The molecule has 35 heavy (non-hydrogen) atoms. The Morgan fingerprint density at radius 2 is 1.43 bits per heavy atom. The summed E-state index contributed by atoms with van der Waals surface area (Å²) in [5.41, 5.74) is 1.41. The molecule has 1 aromatic heterocycles. The normalized spacial score (nSPS) is 11.0. The fourth-order valence-corrected chi connectivity index (χ4v) is 4.42. The summed E-state index contributed by atoms with van der Waals surface area (Å²) in [7, 11) is 1.68. The van der Waals surface area contributed by atoms with E-state index in [1.807, 2.05) is 18.2 Å². The number of ketones is 1. The van der Waals surface area contributed by atoms with Crippen LogP contribution in [0.25, 0.3) is 10.9 Å². The number of aryl methyl sites for hydroxylation is 1. The molecule has 188 valence electrons. The van der Waals surface area contributed by atoms with Crippen LogP contribution in [-0.2, 0) is 7.05 Å². The molecule has 0 aliphatic heterocycles. The molecule has 1 N–H and O–H groups in total. The van der Waals surface area contributed by atoms with E-state index >= 15 is 0 Å². The standard InChI is InChI=1S/C29H37NO5/c1-3-4-5-6-7-8-9-10-11-14-21-34-23-19-17-22(18-20-23)27(31)26-24-15-12-13-16-25(24)30(2)28(26)35-29(32)33/h12-13,15-20H,3-11,14,21H2,1-2H3,(H,32,33). The average molecular weight is 480 g/mol. The number of ether oxygens (including phenoxy) is 2. The van der Waals surface area contributed by atoms with Crippen LogP contribution in [0.5, 0.6) is 11.6 Å². The number of para-hydroxylation sites is 1. The number of hydrogen-bond acceptors (Lipinski definition) is 4. The fraction of sp³-hybridized carbons (Fsp3) is 0.448. The van der Waals surface area contributed by atoms with Crippen molar-refractivity contribution in [2.45, 2.75) is 71.1 Å². The van der Waals surface area contributed by atoms with Gasteiger partial charge in [-0.2, -0.15) is 0 Å². The van der Waals surface area contributed by atoms with Gasteiger partial charge in [-0.1, -0.05) is 82.9 Å². The maximum Gasteiger partial charge on any atom is 0.512 e. The largest absolute Gasteiger partial charge is 0.512 e. The minimum Gasteiger partial charge on any atom is -0.494 e. The third kappa shape index (κ3) is 7.35. The van der Waals surface area contributed by atoms with Crippen LogP contribution < -0.4 is 9.47 Å². The van der Waals surface area contributed by atoms with E-state index in [0.717, 1.165) is 17.7 Å². The molecule has 0 bridgehead atoms. The number of hydrogen-bond donors (Lipinski definition) is 1. The van der Waals surface area contributed by atoms with Crippen molar-refractivity contribution in [3.05, 3.63) is 59.7 Å². The van der Waals surface area contributed by atoms with Gasteiger partial charge < -0.3 is 19.1 Å². The second-order valence-electron chi connectivity index (χ2n) is 9.01. The highest BCUT2D eigenvalue weighted by Gasteiger charge is 2.25. The van der Waals surface area contributed by atoms with Gasteiger partial charge in [-0.25, -0.2) is 4.79 Å². The smallest absolute Gasteiger partial charge is 0.494 e. The molecule has 3 rings (SSSR count). The van der Waals surface area contributed by atoms with Crippen molar-refractivity contribution in [1.29, 1.82) is 0 Å². The van der Waals surface area contributed by atoms with Crippen molar-refractivity contribution >= 4 is 22.8 Å². The Morgan fingerprint density at radius 3 is 2.06 bits per heavy atom. The molecule has 0 unspecified atom stereocenters. The molecule has 0 atom stereocenters. The van der Waals surface area contributed by atoms with Crippen molar-refractivity contribution in [2.75, 3.05) is 6.61 Å². The number of carboxylic acid groups (broad SMARTS) is 1.